The second-order valence-corrected chi connectivity index (χ2v) is 10.5. The van der Waals surface area contributed by atoms with Crippen LogP contribution in [-0.2, 0) is 33.6 Å². The maximum absolute atomic E-state index is 12.5. The van der Waals surface area contributed by atoms with Crippen LogP contribution < -0.4 is 5.32 Å². The Kier molecular flexibility index (Phi) is 6.38. The van der Waals surface area contributed by atoms with Crippen LogP contribution in [-0.4, -0.2) is 42.4 Å². The Morgan fingerprint density at radius 1 is 1.10 bits per heavy atom. The molecule has 0 radical (unpaired) electrons. The smallest absolute Gasteiger partial charge is 0.308 e. The lowest BCUT2D eigenvalue weighted by molar-refractivity contribution is -0.576. The number of ether oxygens (including phenoxy) is 3. The molecule has 176 valence electrons. The van der Waals surface area contributed by atoms with Gasteiger partial charge in [-0.1, -0.05) is 27.7 Å². The summed E-state index contributed by atoms with van der Waals surface area (Å²) in [4.78, 5) is 36.3. The van der Waals surface area contributed by atoms with Crippen molar-refractivity contribution in [3.05, 3.63) is 0 Å². The van der Waals surface area contributed by atoms with Gasteiger partial charge in [-0.15, -0.1) is 0 Å². The van der Waals surface area contributed by atoms with Crippen molar-refractivity contribution in [2.45, 2.75) is 97.1 Å². The fourth-order valence-electron chi connectivity index (χ4n) is 5.82. The lowest BCUT2D eigenvalue weighted by Crippen LogP contribution is -2.70. The van der Waals surface area contributed by atoms with Crippen molar-refractivity contribution in [3.63, 3.8) is 0 Å². The maximum Gasteiger partial charge on any atom is 0.308 e. The van der Waals surface area contributed by atoms with Crippen molar-refractivity contribution in [1.29, 1.82) is 0 Å². The molecule has 1 aliphatic carbocycles. The normalized spacial score (nSPS) is 43.8. The second kappa shape index (κ2) is 8.61. The SMILES string of the molecule is CC(C)CNC(=O)CCC(=O)O[C@@H]1O[C@@H]2O[C@]3(C)CC[C@H]4[C@H](C)CC[C@@H]([C@H]1C)[C@@]24OO3. The van der Waals surface area contributed by atoms with Gasteiger partial charge in [-0.3, -0.25) is 9.59 Å². The molecule has 5 aliphatic rings. The van der Waals surface area contributed by atoms with Crippen LogP contribution in [0.2, 0.25) is 0 Å². The van der Waals surface area contributed by atoms with Crippen molar-refractivity contribution in [2.75, 3.05) is 6.54 Å². The summed E-state index contributed by atoms with van der Waals surface area (Å²) in [6.07, 6.45) is 2.47. The van der Waals surface area contributed by atoms with E-state index in [1.165, 1.54) is 0 Å². The molecular formula is C23H37NO7. The van der Waals surface area contributed by atoms with E-state index in [9.17, 15) is 9.59 Å². The zero-order valence-corrected chi connectivity index (χ0v) is 19.3. The van der Waals surface area contributed by atoms with Crippen molar-refractivity contribution in [2.24, 2.45) is 29.6 Å². The van der Waals surface area contributed by atoms with Crippen LogP contribution in [0.5, 0.6) is 0 Å². The minimum atomic E-state index is -0.860. The topological polar surface area (TPSA) is 92.3 Å². The highest BCUT2D eigenvalue weighted by molar-refractivity contribution is 5.81. The van der Waals surface area contributed by atoms with Crippen molar-refractivity contribution in [1.82, 2.24) is 5.32 Å². The van der Waals surface area contributed by atoms with Crippen LogP contribution in [0.4, 0.5) is 0 Å². The van der Waals surface area contributed by atoms with E-state index in [0.29, 0.717) is 18.4 Å². The van der Waals surface area contributed by atoms with Gasteiger partial charge in [-0.2, -0.15) is 0 Å². The van der Waals surface area contributed by atoms with E-state index in [1.807, 2.05) is 27.7 Å². The number of carbonyl (C=O) groups excluding carboxylic acids is 2. The fraction of sp³-hybridized carbons (Fsp3) is 0.913. The number of hydrogen-bond donors (Lipinski definition) is 1. The Balaban J connectivity index is 1.43. The van der Waals surface area contributed by atoms with E-state index in [1.54, 1.807) is 0 Å². The lowest BCUT2D eigenvalue weighted by atomic mass is 9.58. The number of fused-ring (bicyclic) bond motifs is 2. The third-order valence-corrected chi connectivity index (χ3v) is 7.61. The molecule has 5 fully saturated rings. The molecule has 2 bridgehead atoms. The molecule has 0 aromatic heterocycles. The van der Waals surface area contributed by atoms with E-state index in [2.05, 4.69) is 12.2 Å². The first kappa shape index (κ1) is 23.0. The highest BCUT2D eigenvalue weighted by atomic mass is 17.3. The Morgan fingerprint density at radius 3 is 2.61 bits per heavy atom. The van der Waals surface area contributed by atoms with Gasteiger partial charge in [-0.05, 0) is 43.9 Å². The van der Waals surface area contributed by atoms with Crippen molar-refractivity contribution < 1.29 is 33.6 Å². The number of amides is 1. The summed E-state index contributed by atoms with van der Waals surface area (Å²) in [5.41, 5.74) is -0.674. The molecule has 8 heteroatoms. The molecule has 0 aromatic carbocycles. The number of carbonyl (C=O) groups is 2. The van der Waals surface area contributed by atoms with Gasteiger partial charge in [0.05, 0.1) is 6.42 Å². The molecule has 4 heterocycles. The highest BCUT2D eigenvalue weighted by Crippen LogP contribution is 2.60. The van der Waals surface area contributed by atoms with Gasteiger partial charge in [0, 0.05) is 31.2 Å². The highest BCUT2D eigenvalue weighted by Gasteiger charge is 2.69. The standard InChI is InChI=1S/C23H37NO7/c1-13(2)12-24-18(25)8-9-19(26)27-20-15(4)17-7-6-14(3)16-10-11-22(5)29-21(28-20)23(16,17)31-30-22/h13-17,20-21H,6-12H2,1-5H3,(H,24,25)/t14-,15-,16+,17+,20-,21-,22+,23-/m1/s1. The number of hydrogen-bond acceptors (Lipinski definition) is 7. The van der Waals surface area contributed by atoms with Gasteiger partial charge in [-0.25, -0.2) is 9.78 Å². The molecule has 4 saturated heterocycles. The van der Waals surface area contributed by atoms with Crippen LogP contribution in [0.15, 0.2) is 0 Å². The number of rotatable bonds is 6. The minimum Gasteiger partial charge on any atom is -0.435 e. The summed E-state index contributed by atoms with van der Waals surface area (Å²) in [6.45, 7) is 10.8. The summed E-state index contributed by atoms with van der Waals surface area (Å²) >= 11 is 0. The molecule has 1 saturated carbocycles. The molecule has 1 spiro atoms. The molecule has 31 heavy (non-hydrogen) atoms. The predicted octanol–water partition coefficient (Wildman–Crippen LogP) is 3.29. The molecule has 5 rings (SSSR count). The average Bonchev–Trinajstić information content (AvgIpc) is 2.94. The molecule has 0 aromatic rings. The zero-order valence-electron chi connectivity index (χ0n) is 19.3. The molecule has 8 nitrogen and oxygen atoms in total. The molecule has 1 amide bonds. The monoisotopic (exact) mass is 439 g/mol. The number of esters is 1. The van der Waals surface area contributed by atoms with E-state index < -0.39 is 29.9 Å². The minimum absolute atomic E-state index is 0.0226. The van der Waals surface area contributed by atoms with Crippen LogP contribution >= 0.6 is 0 Å². The Labute approximate surface area is 184 Å². The molecule has 8 atom stereocenters. The Morgan fingerprint density at radius 2 is 1.87 bits per heavy atom. The molecule has 1 N–H and O–H groups in total. The second-order valence-electron chi connectivity index (χ2n) is 10.5. The largest absolute Gasteiger partial charge is 0.435 e. The third kappa shape index (κ3) is 4.24. The van der Waals surface area contributed by atoms with Crippen LogP contribution in [0, 0.1) is 29.6 Å². The van der Waals surface area contributed by atoms with Gasteiger partial charge in [0.15, 0.2) is 11.9 Å². The van der Waals surface area contributed by atoms with Gasteiger partial charge in [0.25, 0.3) is 0 Å². The van der Waals surface area contributed by atoms with Crippen LogP contribution in [0.25, 0.3) is 0 Å². The first-order valence-electron chi connectivity index (χ1n) is 11.8. The molecule has 4 aliphatic heterocycles. The summed E-state index contributed by atoms with van der Waals surface area (Å²) in [5, 5.41) is 2.82. The first-order chi connectivity index (χ1) is 14.6. The Hall–Kier alpha value is -1.22. The van der Waals surface area contributed by atoms with Crippen LogP contribution in [0.1, 0.15) is 73.1 Å². The van der Waals surface area contributed by atoms with Crippen molar-refractivity contribution in [3.8, 4) is 0 Å². The number of nitrogens with one attached hydrogen (secondary N) is 1. The van der Waals surface area contributed by atoms with Gasteiger partial charge >= 0.3 is 5.97 Å². The molecule has 0 unspecified atom stereocenters. The van der Waals surface area contributed by atoms with E-state index in [4.69, 9.17) is 24.0 Å². The Bertz CT molecular complexity index is 699. The predicted molar refractivity (Wildman–Crippen MR) is 110 cm³/mol. The van der Waals surface area contributed by atoms with E-state index >= 15 is 0 Å². The first-order valence-corrected chi connectivity index (χ1v) is 11.8. The van der Waals surface area contributed by atoms with Crippen LogP contribution in [0.3, 0.4) is 0 Å². The van der Waals surface area contributed by atoms with E-state index in [0.717, 1.165) is 25.7 Å². The summed E-state index contributed by atoms with van der Waals surface area (Å²) in [5.74, 6) is -0.299. The summed E-state index contributed by atoms with van der Waals surface area (Å²) in [7, 11) is 0. The van der Waals surface area contributed by atoms with Gasteiger partial charge in [0.2, 0.25) is 18.0 Å². The maximum atomic E-state index is 12.5. The molecular weight excluding hydrogens is 402 g/mol. The van der Waals surface area contributed by atoms with Crippen molar-refractivity contribution >= 4 is 11.9 Å². The zero-order chi connectivity index (χ0) is 22.4. The van der Waals surface area contributed by atoms with Gasteiger partial charge < -0.3 is 19.5 Å². The summed E-state index contributed by atoms with van der Waals surface area (Å²) in [6, 6.07) is 0. The van der Waals surface area contributed by atoms with E-state index in [-0.39, 0.29) is 36.5 Å². The quantitative estimate of drug-likeness (QED) is 0.501. The lowest BCUT2D eigenvalue weighted by Gasteiger charge is -2.59. The fourth-order valence-corrected chi connectivity index (χ4v) is 5.82. The summed E-state index contributed by atoms with van der Waals surface area (Å²) < 4.78 is 18.2. The third-order valence-electron chi connectivity index (χ3n) is 7.61. The average molecular weight is 440 g/mol. The van der Waals surface area contributed by atoms with Gasteiger partial charge in [0.1, 0.15) is 0 Å².